The number of allylic oxidation sites excluding steroid dienone is 1. The van der Waals surface area contributed by atoms with Crippen LogP contribution in [0.3, 0.4) is 0 Å². The molecule has 0 aromatic heterocycles. The van der Waals surface area contributed by atoms with Gasteiger partial charge in [0.05, 0.1) is 12.5 Å². The number of carbonyl (C=O) groups excluding carboxylic acids is 1. The zero-order valence-electron chi connectivity index (χ0n) is 13.9. The molecule has 1 heterocycles. The number of methoxy groups -OCH3 is 1. The first-order valence-corrected chi connectivity index (χ1v) is 9.61. The van der Waals surface area contributed by atoms with Crippen LogP contribution in [0.1, 0.15) is 19.3 Å². The molecule has 1 amide bonds. The van der Waals surface area contributed by atoms with Crippen LogP contribution in [-0.2, 0) is 4.74 Å². The molecule has 3 nitrogen and oxygen atoms in total. The van der Waals surface area contributed by atoms with Crippen LogP contribution in [0.25, 0.3) is 0 Å². The van der Waals surface area contributed by atoms with E-state index in [0.717, 1.165) is 31.2 Å². The average Bonchev–Trinajstić information content (AvgIpc) is 2.89. The van der Waals surface area contributed by atoms with Crippen molar-refractivity contribution in [2.75, 3.05) is 13.7 Å². The van der Waals surface area contributed by atoms with E-state index in [9.17, 15) is 4.79 Å². The Morgan fingerprint density at radius 3 is 2.08 bits per heavy atom. The molecular formula is C20H22NO2P. The normalized spacial score (nSPS) is 14.9. The number of amides is 1. The summed E-state index contributed by atoms with van der Waals surface area (Å²) >= 11 is 0. The minimum Gasteiger partial charge on any atom is -0.452 e. The van der Waals surface area contributed by atoms with Crippen molar-refractivity contribution in [1.82, 2.24) is 4.90 Å². The fourth-order valence-corrected chi connectivity index (χ4v) is 5.45. The number of nitrogens with zero attached hydrogens (tertiary/aromatic N) is 1. The molecule has 2 aromatic carbocycles. The maximum Gasteiger partial charge on any atom is 0.414 e. The molecule has 24 heavy (non-hydrogen) atoms. The van der Waals surface area contributed by atoms with Gasteiger partial charge in [-0.1, -0.05) is 66.7 Å². The van der Waals surface area contributed by atoms with E-state index >= 15 is 0 Å². The lowest BCUT2D eigenvalue weighted by Crippen LogP contribution is -2.32. The highest BCUT2D eigenvalue weighted by atomic mass is 31.1. The number of hydrogen-bond donors (Lipinski definition) is 0. The Morgan fingerprint density at radius 1 is 0.958 bits per heavy atom. The summed E-state index contributed by atoms with van der Waals surface area (Å²) in [6.07, 6.45) is 5.07. The lowest BCUT2D eigenvalue weighted by molar-refractivity contribution is 0.138. The summed E-state index contributed by atoms with van der Waals surface area (Å²) in [5.74, 6) is 0. The summed E-state index contributed by atoms with van der Waals surface area (Å²) in [5.41, 5.74) is 1.09. The zero-order valence-corrected chi connectivity index (χ0v) is 14.8. The number of rotatable bonds is 3. The number of carbonyl (C=O) groups is 1. The summed E-state index contributed by atoms with van der Waals surface area (Å²) in [6.45, 7) is 0.719. The second-order valence-corrected chi connectivity index (χ2v) is 7.85. The Morgan fingerprint density at radius 2 is 1.54 bits per heavy atom. The van der Waals surface area contributed by atoms with Crippen molar-refractivity contribution in [3.05, 3.63) is 72.2 Å². The van der Waals surface area contributed by atoms with Crippen molar-refractivity contribution in [2.24, 2.45) is 0 Å². The topological polar surface area (TPSA) is 29.5 Å². The van der Waals surface area contributed by atoms with E-state index < -0.39 is 7.92 Å². The molecule has 0 N–H and O–H groups in total. The molecule has 2 aromatic rings. The zero-order chi connectivity index (χ0) is 16.8. The van der Waals surface area contributed by atoms with E-state index in [4.69, 9.17) is 4.74 Å². The minimum atomic E-state index is -0.777. The maximum atomic E-state index is 12.4. The van der Waals surface area contributed by atoms with Crippen molar-refractivity contribution in [2.45, 2.75) is 19.3 Å². The molecule has 0 atom stereocenters. The summed E-state index contributed by atoms with van der Waals surface area (Å²) in [4.78, 5) is 14.2. The Hall–Kier alpha value is -2.12. The number of hydrogen-bond acceptors (Lipinski definition) is 2. The van der Waals surface area contributed by atoms with Crippen molar-refractivity contribution < 1.29 is 9.53 Å². The summed E-state index contributed by atoms with van der Waals surface area (Å²) in [5, 5.41) is 2.50. The molecule has 0 bridgehead atoms. The van der Waals surface area contributed by atoms with Gasteiger partial charge < -0.3 is 4.74 Å². The predicted octanol–water partition coefficient (Wildman–Crippen LogP) is 4.21. The van der Waals surface area contributed by atoms with Crippen LogP contribution in [-0.4, -0.2) is 24.6 Å². The van der Waals surface area contributed by atoms with Crippen LogP contribution < -0.4 is 10.6 Å². The van der Waals surface area contributed by atoms with Gasteiger partial charge in [0.25, 0.3) is 0 Å². The van der Waals surface area contributed by atoms with E-state index in [1.54, 1.807) is 0 Å². The van der Waals surface area contributed by atoms with Crippen LogP contribution in [0.5, 0.6) is 0 Å². The first kappa shape index (κ1) is 16.7. The Labute approximate surface area is 144 Å². The molecule has 124 valence electrons. The summed E-state index contributed by atoms with van der Waals surface area (Å²) in [6, 6.07) is 20.9. The summed E-state index contributed by atoms with van der Waals surface area (Å²) in [7, 11) is 0.679. The van der Waals surface area contributed by atoms with Gasteiger partial charge in [0.1, 0.15) is 0 Å². The van der Waals surface area contributed by atoms with E-state index in [2.05, 4.69) is 54.6 Å². The maximum absolute atomic E-state index is 12.4. The van der Waals surface area contributed by atoms with Gasteiger partial charge >= 0.3 is 6.09 Å². The first-order valence-electron chi connectivity index (χ1n) is 8.27. The molecule has 0 saturated carbocycles. The molecule has 0 spiro atoms. The third kappa shape index (κ3) is 3.68. The molecule has 0 unspecified atom stereocenters. The Kier molecular flexibility index (Phi) is 5.66. The second kappa shape index (κ2) is 8.12. The van der Waals surface area contributed by atoms with Gasteiger partial charge in [-0.2, -0.15) is 0 Å². The monoisotopic (exact) mass is 339 g/mol. The molecule has 0 radical (unpaired) electrons. The van der Waals surface area contributed by atoms with Crippen LogP contribution in [0.15, 0.2) is 72.2 Å². The van der Waals surface area contributed by atoms with E-state index in [-0.39, 0.29) is 6.09 Å². The van der Waals surface area contributed by atoms with Gasteiger partial charge in [0, 0.05) is 14.5 Å². The van der Waals surface area contributed by atoms with Gasteiger partial charge in [-0.05, 0) is 29.9 Å². The smallest absolute Gasteiger partial charge is 0.414 e. The highest BCUT2D eigenvalue weighted by molar-refractivity contribution is 7.76. The molecule has 0 fully saturated rings. The van der Waals surface area contributed by atoms with Gasteiger partial charge in [-0.25, -0.2) is 4.79 Å². The van der Waals surface area contributed by atoms with Crippen LogP contribution >= 0.6 is 7.92 Å². The number of ether oxygens (including phenoxy) is 1. The van der Waals surface area contributed by atoms with Gasteiger partial charge in [-0.3, -0.25) is 4.90 Å². The second-order valence-electron chi connectivity index (χ2n) is 5.69. The SMILES string of the molecule is COC(=O)N1CCCCC=C1P(c1ccccc1)c1ccccc1. The van der Waals surface area contributed by atoms with Crippen molar-refractivity contribution in [3.8, 4) is 0 Å². The quantitative estimate of drug-likeness (QED) is 0.784. The summed E-state index contributed by atoms with van der Waals surface area (Å²) < 4.78 is 5.05. The Bertz CT molecular complexity index is 661. The molecule has 3 rings (SSSR count). The van der Waals surface area contributed by atoms with Crippen molar-refractivity contribution >= 4 is 24.6 Å². The lowest BCUT2D eigenvalue weighted by Gasteiger charge is -2.30. The van der Waals surface area contributed by atoms with Gasteiger partial charge in [-0.15, -0.1) is 0 Å². The van der Waals surface area contributed by atoms with Crippen molar-refractivity contribution in [3.63, 3.8) is 0 Å². The largest absolute Gasteiger partial charge is 0.452 e. The van der Waals surface area contributed by atoms with Crippen LogP contribution in [0.4, 0.5) is 4.79 Å². The molecule has 1 aliphatic heterocycles. The number of benzene rings is 2. The third-order valence-electron chi connectivity index (χ3n) is 4.09. The Balaban J connectivity index is 2.09. The first-order chi connectivity index (χ1) is 11.8. The van der Waals surface area contributed by atoms with Gasteiger partial charge in [0.2, 0.25) is 0 Å². The fourth-order valence-electron chi connectivity index (χ4n) is 2.94. The highest BCUT2D eigenvalue weighted by Gasteiger charge is 2.28. The van der Waals surface area contributed by atoms with E-state index in [1.165, 1.54) is 17.7 Å². The molecule has 4 heteroatoms. The average molecular weight is 339 g/mol. The van der Waals surface area contributed by atoms with Crippen molar-refractivity contribution in [1.29, 1.82) is 0 Å². The van der Waals surface area contributed by atoms with E-state index in [0.29, 0.717) is 0 Å². The third-order valence-corrected chi connectivity index (χ3v) is 6.60. The lowest BCUT2D eigenvalue weighted by atomic mass is 10.2. The minimum absolute atomic E-state index is 0.262. The molecule has 0 aliphatic carbocycles. The standard InChI is InChI=1S/C20H22NO2P/c1-23-20(22)21-16-10-4-9-15-19(21)24(17-11-5-2-6-12-17)18-13-7-3-8-14-18/h2-3,5-8,11-15H,4,9-10,16H2,1H3. The molecule has 1 aliphatic rings. The predicted molar refractivity (Wildman–Crippen MR) is 100 cm³/mol. The highest BCUT2D eigenvalue weighted by Crippen LogP contribution is 2.46. The van der Waals surface area contributed by atoms with Crippen LogP contribution in [0.2, 0.25) is 0 Å². The van der Waals surface area contributed by atoms with Gasteiger partial charge in [0.15, 0.2) is 0 Å². The fraction of sp³-hybridized carbons (Fsp3) is 0.250. The molecule has 0 saturated heterocycles. The van der Waals surface area contributed by atoms with E-state index in [1.807, 2.05) is 17.0 Å². The molecular weight excluding hydrogens is 317 g/mol. The van der Waals surface area contributed by atoms with Crippen LogP contribution in [0, 0.1) is 0 Å².